The van der Waals surface area contributed by atoms with Crippen molar-refractivity contribution in [3.63, 3.8) is 0 Å². The minimum atomic E-state index is -1.04. The summed E-state index contributed by atoms with van der Waals surface area (Å²) >= 11 is 1.37. The summed E-state index contributed by atoms with van der Waals surface area (Å²) in [6, 6.07) is 10.5. The van der Waals surface area contributed by atoms with Crippen molar-refractivity contribution in [2.45, 2.75) is 10.1 Å². The van der Waals surface area contributed by atoms with Gasteiger partial charge in [-0.25, -0.2) is 4.79 Å². The van der Waals surface area contributed by atoms with Gasteiger partial charge in [-0.3, -0.25) is 4.40 Å². The highest BCUT2D eigenvalue weighted by Crippen LogP contribution is 2.29. The Kier molecular flexibility index (Phi) is 3.03. The summed E-state index contributed by atoms with van der Waals surface area (Å²) < 4.78 is 1.85. The molecule has 0 aliphatic rings. The molecule has 3 rings (SSSR count). The number of nitrogen functional groups attached to an aromatic ring is 1. The zero-order valence-corrected chi connectivity index (χ0v) is 11.0. The third kappa shape index (κ3) is 2.19. The minimum Gasteiger partial charge on any atom is -0.478 e. The maximum atomic E-state index is 10.9. The lowest BCUT2D eigenvalue weighted by Gasteiger charge is -2.04. The number of nitrogens with zero attached hydrogens (tertiary/aromatic N) is 3. The van der Waals surface area contributed by atoms with Crippen molar-refractivity contribution in [2.75, 3.05) is 5.73 Å². The van der Waals surface area contributed by atoms with Crippen LogP contribution in [0, 0.1) is 0 Å². The molecule has 2 heterocycles. The van der Waals surface area contributed by atoms with Crippen LogP contribution in [-0.2, 0) is 0 Å². The number of benzene rings is 1. The Hall–Kier alpha value is -2.54. The molecule has 3 N–H and O–H groups in total. The van der Waals surface area contributed by atoms with Gasteiger partial charge in [0.15, 0.2) is 10.8 Å². The van der Waals surface area contributed by atoms with Crippen LogP contribution in [0.4, 0.5) is 5.69 Å². The molecule has 0 aliphatic carbocycles. The predicted octanol–water partition coefficient (Wildman–Crippen LogP) is 2.16. The molecule has 0 bridgehead atoms. The van der Waals surface area contributed by atoms with Crippen molar-refractivity contribution in [3.8, 4) is 0 Å². The average Bonchev–Trinajstić information content (AvgIpc) is 2.82. The summed E-state index contributed by atoms with van der Waals surface area (Å²) in [6.07, 6.45) is 1.87. The first kappa shape index (κ1) is 12.5. The molecule has 1 aromatic carbocycles. The number of carboxylic acid groups (broad SMARTS) is 1. The lowest BCUT2D eigenvalue weighted by molar-refractivity contribution is 0.0698. The van der Waals surface area contributed by atoms with Crippen LogP contribution in [0.3, 0.4) is 0 Å². The van der Waals surface area contributed by atoms with Crippen LogP contribution < -0.4 is 5.73 Å². The van der Waals surface area contributed by atoms with Crippen molar-refractivity contribution in [1.82, 2.24) is 14.6 Å². The van der Waals surface area contributed by atoms with Gasteiger partial charge in [-0.2, -0.15) is 0 Å². The molecule has 0 unspecified atom stereocenters. The second-order valence-corrected chi connectivity index (χ2v) is 5.11. The van der Waals surface area contributed by atoms with Crippen molar-refractivity contribution in [1.29, 1.82) is 0 Å². The number of aromatic nitrogens is 3. The second-order valence-electron chi connectivity index (χ2n) is 4.07. The second kappa shape index (κ2) is 4.86. The molecular weight excluding hydrogens is 276 g/mol. The first-order valence-electron chi connectivity index (χ1n) is 5.75. The van der Waals surface area contributed by atoms with Gasteiger partial charge in [0.25, 0.3) is 0 Å². The van der Waals surface area contributed by atoms with E-state index in [1.165, 1.54) is 17.8 Å². The number of aromatic carboxylic acids is 1. The smallest absolute Gasteiger partial charge is 0.337 e. The van der Waals surface area contributed by atoms with E-state index < -0.39 is 5.97 Å². The Balaban J connectivity index is 1.95. The molecule has 100 valence electrons. The van der Waals surface area contributed by atoms with E-state index in [1.807, 2.05) is 28.8 Å². The average molecular weight is 286 g/mol. The standard InChI is InChI=1S/C13H10N4O2S/c14-10-7-8(4-5-9(10)12(18)19)20-13-16-15-11-3-1-2-6-17(11)13/h1-7H,14H2,(H,18,19). The molecule has 0 saturated heterocycles. The highest BCUT2D eigenvalue weighted by Gasteiger charge is 2.11. The van der Waals surface area contributed by atoms with Gasteiger partial charge in [-0.1, -0.05) is 6.07 Å². The number of pyridine rings is 1. The lowest BCUT2D eigenvalue weighted by atomic mass is 10.2. The van der Waals surface area contributed by atoms with Gasteiger partial charge >= 0.3 is 5.97 Å². The summed E-state index contributed by atoms with van der Waals surface area (Å²) in [4.78, 5) is 11.7. The van der Waals surface area contributed by atoms with E-state index in [0.29, 0.717) is 5.16 Å². The summed E-state index contributed by atoms with van der Waals surface area (Å²) in [6.45, 7) is 0. The molecular formula is C13H10N4O2S. The van der Waals surface area contributed by atoms with E-state index in [4.69, 9.17) is 10.8 Å². The van der Waals surface area contributed by atoms with Gasteiger partial charge in [0.2, 0.25) is 0 Å². The molecule has 0 saturated carbocycles. The Labute approximate surface area is 118 Å². The number of rotatable bonds is 3. The number of fused-ring (bicyclic) bond motifs is 1. The van der Waals surface area contributed by atoms with E-state index in [9.17, 15) is 4.79 Å². The molecule has 0 aliphatic heterocycles. The molecule has 20 heavy (non-hydrogen) atoms. The molecule has 0 fully saturated rings. The fourth-order valence-electron chi connectivity index (χ4n) is 1.79. The van der Waals surface area contributed by atoms with E-state index in [1.54, 1.807) is 12.1 Å². The number of hydrogen-bond acceptors (Lipinski definition) is 5. The predicted molar refractivity (Wildman–Crippen MR) is 74.9 cm³/mol. The van der Waals surface area contributed by atoms with Crippen LogP contribution in [0.5, 0.6) is 0 Å². The zero-order chi connectivity index (χ0) is 14.1. The van der Waals surface area contributed by atoms with Gasteiger partial charge in [0.1, 0.15) is 0 Å². The Morgan fingerprint density at radius 3 is 2.85 bits per heavy atom. The van der Waals surface area contributed by atoms with Crippen LogP contribution in [0.15, 0.2) is 52.6 Å². The normalized spacial score (nSPS) is 10.8. The Morgan fingerprint density at radius 1 is 1.25 bits per heavy atom. The SMILES string of the molecule is Nc1cc(Sc2nnc3ccccn23)ccc1C(=O)O. The lowest BCUT2D eigenvalue weighted by Crippen LogP contribution is -2.01. The van der Waals surface area contributed by atoms with Gasteiger partial charge in [0, 0.05) is 16.8 Å². The van der Waals surface area contributed by atoms with Crippen LogP contribution in [-0.4, -0.2) is 25.7 Å². The highest BCUT2D eigenvalue weighted by atomic mass is 32.2. The number of anilines is 1. The van der Waals surface area contributed by atoms with Crippen LogP contribution in [0.1, 0.15) is 10.4 Å². The van der Waals surface area contributed by atoms with Gasteiger partial charge in [0.05, 0.1) is 5.56 Å². The number of carboxylic acids is 1. The van der Waals surface area contributed by atoms with Crippen molar-refractivity contribution >= 4 is 29.1 Å². The summed E-state index contributed by atoms with van der Waals surface area (Å²) in [7, 11) is 0. The van der Waals surface area contributed by atoms with E-state index in [-0.39, 0.29) is 11.3 Å². The summed E-state index contributed by atoms with van der Waals surface area (Å²) in [5, 5.41) is 17.8. The van der Waals surface area contributed by atoms with Crippen LogP contribution in [0.25, 0.3) is 5.65 Å². The molecule has 2 aromatic heterocycles. The molecule has 6 nitrogen and oxygen atoms in total. The Morgan fingerprint density at radius 2 is 2.10 bits per heavy atom. The molecule has 7 heteroatoms. The molecule has 3 aromatic rings. The third-order valence-electron chi connectivity index (χ3n) is 2.75. The maximum absolute atomic E-state index is 10.9. The van der Waals surface area contributed by atoms with Crippen LogP contribution in [0.2, 0.25) is 0 Å². The molecule has 0 amide bonds. The van der Waals surface area contributed by atoms with Gasteiger partial charge in [-0.15, -0.1) is 10.2 Å². The zero-order valence-electron chi connectivity index (χ0n) is 10.2. The molecule has 0 spiro atoms. The van der Waals surface area contributed by atoms with Crippen LogP contribution >= 0.6 is 11.8 Å². The van der Waals surface area contributed by atoms with E-state index >= 15 is 0 Å². The maximum Gasteiger partial charge on any atom is 0.337 e. The van der Waals surface area contributed by atoms with Gasteiger partial charge in [-0.05, 0) is 42.1 Å². The first-order valence-corrected chi connectivity index (χ1v) is 6.57. The van der Waals surface area contributed by atoms with Crippen molar-refractivity contribution in [3.05, 3.63) is 48.2 Å². The van der Waals surface area contributed by atoms with Crippen molar-refractivity contribution < 1.29 is 9.90 Å². The monoisotopic (exact) mass is 286 g/mol. The minimum absolute atomic E-state index is 0.0976. The highest BCUT2D eigenvalue weighted by molar-refractivity contribution is 7.99. The Bertz CT molecular complexity index is 800. The largest absolute Gasteiger partial charge is 0.478 e. The number of hydrogen-bond donors (Lipinski definition) is 2. The van der Waals surface area contributed by atoms with E-state index in [0.717, 1.165) is 10.5 Å². The summed E-state index contributed by atoms with van der Waals surface area (Å²) in [5.41, 5.74) is 6.81. The molecule has 0 radical (unpaired) electrons. The third-order valence-corrected chi connectivity index (χ3v) is 3.70. The van der Waals surface area contributed by atoms with Crippen molar-refractivity contribution in [2.24, 2.45) is 0 Å². The number of carbonyl (C=O) groups is 1. The van der Waals surface area contributed by atoms with Gasteiger partial charge < -0.3 is 10.8 Å². The number of nitrogens with two attached hydrogens (primary N) is 1. The quantitative estimate of drug-likeness (QED) is 0.717. The summed E-state index contributed by atoms with van der Waals surface area (Å²) in [5.74, 6) is -1.04. The van der Waals surface area contributed by atoms with E-state index in [2.05, 4.69) is 10.2 Å². The topological polar surface area (TPSA) is 93.5 Å². The fraction of sp³-hybridized carbons (Fsp3) is 0. The molecule has 0 atom stereocenters. The fourth-order valence-corrected chi connectivity index (χ4v) is 2.66. The first-order chi connectivity index (χ1) is 9.65.